The molecule has 1 saturated heterocycles. The largest absolute Gasteiger partial charge is 0.312 e. The van der Waals surface area contributed by atoms with Crippen molar-refractivity contribution in [2.75, 3.05) is 19.6 Å². The van der Waals surface area contributed by atoms with Crippen molar-refractivity contribution < 1.29 is 0 Å². The molecule has 1 aliphatic rings. The maximum Gasteiger partial charge on any atom is 0.0695 e. The maximum atomic E-state index is 5.94. The van der Waals surface area contributed by atoms with Crippen molar-refractivity contribution in [2.24, 2.45) is 0 Å². The normalized spacial score (nSPS) is 19.2. The molecule has 1 aliphatic heterocycles. The van der Waals surface area contributed by atoms with Gasteiger partial charge in [0.15, 0.2) is 0 Å². The lowest BCUT2D eigenvalue weighted by atomic mass is 10.1. The fraction of sp³-hybridized carbons (Fsp3) is 0.400. The number of benzene rings is 1. The molecule has 2 aromatic rings. The van der Waals surface area contributed by atoms with Gasteiger partial charge in [-0.25, -0.2) is 0 Å². The maximum absolute atomic E-state index is 5.94. The molecule has 21 heavy (non-hydrogen) atoms. The van der Waals surface area contributed by atoms with Crippen LogP contribution in [0.15, 0.2) is 30.5 Å². The van der Waals surface area contributed by atoms with Crippen molar-refractivity contribution in [3.63, 3.8) is 0 Å². The van der Waals surface area contributed by atoms with Crippen LogP contribution in [-0.2, 0) is 6.54 Å². The summed E-state index contributed by atoms with van der Waals surface area (Å²) in [5.41, 5.74) is 3.46. The van der Waals surface area contributed by atoms with Crippen molar-refractivity contribution in [1.82, 2.24) is 20.4 Å². The van der Waals surface area contributed by atoms with E-state index in [-0.39, 0.29) is 12.4 Å². The van der Waals surface area contributed by atoms with Gasteiger partial charge >= 0.3 is 0 Å². The van der Waals surface area contributed by atoms with E-state index in [1.807, 2.05) is 30.5 Å². The lowest BCUT2D eigenvalue weighted by Gasteiger charge is -2.31. The van der Waals surface area contributed by atoms with Gasteiger partial charge in [0.1, 0.15) is 0 Å². The van der Waals surface area contributed by atoms with Gasteiger partial charge in [0, 0.05) is 42.8 Å². The predicted octanol–water partition coefficient (Wildman–Crippen LogP) is 2.95. The van der Waals surface area contributed by atoms with Gasteiger partial charge in [-0.15, -0.1) is 12.4 Å². The third kappa shape index (κ3) is 3.98. The molecule has 6 heteroatoms. The molecule has 2 heterocycles. The molecule has 0 spiro atoms. The topological polar surface area (TPSA) is 44.0 Å². The van der Waals surface area contributed by atoms with Gasteiger partial charge in [0.05, 0.1) is 11.9 Å². The van der Waals surface area contributed by atoms with Crippen LogP contribution in [-0.4, -0.2) is 40.8 Å². The SMILES string of the molecule is C[C@H]1CN(Cc2cn[nH]c2-c2ccc(Cl)cc2)CCN1.Cl. The van der Waals surface area contributed by atoms with E-state index in [0.29, 0.717) is 6.04 Å². The van der Waals surface area contributed by atoms with Gasteiger partial charge < -0.3 is 5.32 Å². The summed E-state index contributed by atoms with van der Waals surface area (Å²) in [6.07, 6.45) is 1.93. The smallest absolute Gasteiger partial charge is 0.0695 e. The second-order valence-corrected chi connectivity index (χ2v) is 5.80. The lowest BCUT2D eigenvalue weighted by molar-refractivity contribution is 0.200. The molecule has 4 nitrogen and oxygen atoms in total. The number of rotatable bonds is 3. The van der Waals surface area contributed by atoms with Crippen LogP contribution in [0.3, 0.4) is 0 Å². The van der Waals surface area contributed by atoms with Crippen LogP contribution in [0.4, 0.5) is 0 Å². The Kier molecular flexibility index (Phi) is 5.65. The molecular formula is C15H20Cl2N4. The van der Waals surface area contributed by atoms with E-state index in [0.717, 1.165) is 42.5 Å². The Labute approximate surface area is 136 Å². The number of piperazine rings is 1. The molecule has 0 saturated carbocycles. The Balaban J connectivity index is 0.00000161. The number of nitrogens with zero attached hydrogens (tertiary/aromatic N) is 2. The Morgan fingerprint density at radius 1 is 1.33 bits per heavy atom. The van der Waals surface area contributed by atoms with Crippen LogP contribution in [0.5, 0.6) is 0 Å². The fourth-order valence-electron chi connectivity index (χ4n) is 2.69. The van der Waals surface area contributed by atoms with Crippen molar-refractivity contribution in [3.8, 4) is 11.3 Å². The van der Waals surface area contributed by atoms with Crippen LogP contribution in [0, 0.1) is 0 Å². The number of aromatic amines is 1. The predicted molar refractivity (Wildman–Crippen MR) is 89.0 cm³/mol. The molecule has 3 rings (SSSR count). The van der Waals surface area contributed by atoms with Crippen molar-refractivity contribution >= 4 is 24.0 Å². The highest BCUT2D eigenvalue weighted by Crippen LogP contribution is 2.24. The van der Waals surface area contributed by atoms with Crippen LogP contribution < -0.4 is 5.32 Å². The number of nitrogens with one attached hydrogen (secondary N) is 2. The third-order valence-electron chi connectivity index (χ3n) is 3.70. The number of halogens is 2. The van der Waals surface area contributed by atoms with E-state index >= 15 is 0 Å². The Bertz CT molecular complexity index is 567. The van der Waals surface area contributed by atoms with Crippen LogP contribution in [0.2, 0.25) is 5.02 Å². The first kappa shape index (κ1) is 16.3. The van der Waals surface area contributed by atoms with Gasteiger partial charge in [-0.1, -0.05) is 23.7 Å². The summed E-state index contributed by atoms with van der Waals surface area (Å²) >= 11 is 5.94. The first-order valence-corrected chi connectivity index (χ1v) is 7.34. The zero-order chi connectivity index (χ0) is 13.9. The highest BCUT2D eigenvalue weighted by atomic mass is 35.5. The fourth-order valence-corrected chi connectivity index (χ4v) is 2.82. The Morgan fingerprint density at radius 3 is 2.81 bits per heavy atom. The van der Waals surface area contributed by atoms with Crippen molar-refractivity contribution in [2.45, 2.75) is 19.5 Å². The first-order chi connectivity index (χ1) is 9.72. The highest BCUT2D eigenvalue weighted by molar-refractivity contribution is 6.30. The van der Waals surface area contributed by atoms with Gasteiger partial charge in [-0.3, -0.25) is 10.00 Å². The molecule has 0 aliphatic carbocycles. The summed E-state index contributed by atoms with van der Waals surface area (Å²) in [5, 5.41) is 11.5. The summed E-state index contributed by atoms with van der Waals surface area (Å²) in [7, 11) is 0. The van der Waals surface area contributed by atoms with E-state index in [2.05, 4.69) is 27.3 Å². The molecule has 0 bridgehead atoms. The summed E-state index contributed by atoms with van der Waals surface area (Å²) in [6.45, 7) is 6.36. The van der Waals surface area contributed by atoms with Crippen LogP contribution in [0.1, 0.15) is 12.5 Å². The van der Waals surface area contributed by atoms with Gasteiger partial charge in [0.25, 0.3) is 0 Å². The quantitative estimate of drug-likeness (QED) is 0.911. The molecule has 0 unspecified atom stereocenters. The lowest BCUT2D eigenvalue weighted by Crippen LogP contribution is -2.48. The number of hydrogen-bond donors (Lipinski definition) is 2. The van der Waals surface area contributed by atoms with Gasteiger partial charge in [-0.05, 0) is 24.6 Å². The standard InChI is InChI=1S/C15H19ClN4.ClH/c1-11-9-20(7-6-17-11)10-13-8-18-19-15(13)12-2-4-14(16)5-3-12;/h2-5,8,11,17H,6-7,9-10H2,1H3,(H,18,19);1H/t11-;/m0./s1. The summed E-state index contributed by atoms with van der Waals surface area (Å²) < 4.78 is 0. The number of aromatic nitrogens is 2. The average molecular weight is 327 g/mol. The molecule has 2 N–H and O–H groups in total. The van der Waals surface area contributed by atoms with E-state index in [1.165, 1.54) is 5.56 Å². The summed E-state index contributed by atoms with van der Waals surface area (Å²) in [4.78, 5) is 2.46. The second kappa shape index (κ2) is 7.27. The zero-order valence-electron chi connectivity index (χ0n) is 12.0. The minimum atomic E-state index is 0. The average Bonchev–Trinajstić information content (AvgIpc) is 2.88. The molecule has 1 aromatic heterocycles. The Morgan fingerprint density at radius 2 is 2.10 bits per heavy atom. The molecule has 114 valence electrons. The summed E-state index contributed by atoms with van der Waals surface area (Å²) in [5.74, 6) is 0. The molecule has 1 aromatic carbocycles. The van der Waals surface area contributed by atoms with E-state index < -0.39 is 0 Å². The number of hydrogen-bond acceptors (Lipinski definition) is 3. The monoisotopic (exact) mass is 326 g/mol. The van der Waals surface area contributed by atoms with E-state index in [1.54, 1.807) is 0 Å². The molecular weight excluding hydrogens is 307 g/mol. The Hall–Kier alpha value is -1.07. The second-order valence-electron chi connectivity index (χ2n) is 5.37. The van der Waals surface area contributed by atoms with Gasteiger partial charge in [-0.2, -0.15) is 5.10 Å². The van der Waals surface area contributed by atoms with Crippen LogP contribution >= 0.6 is 24.0 Å². The first-order valence-electron chi connectivity index (χ1n) is 6.96. The third-order valence-corrected chi connectivity index (χ3v) is 3.95. The minimum absolute atomic E-state index is 0. The van der Waals surface area contributed by atoms with E-state index in [9.17, 15) is 0 Å². The highest BCUT2D eigenvalue weighted by Gasteiger charge is 2.18. The van der Waals surface area contributed by atoms with Crippen molar-refractivity contribution in [3.05, 3.63) is 41.0 Å². The zero-order valence-corrected chi connectivity index (χ0v) is 13.5. The number of H-pyrrole nitrogens is 1. The molecule has 0 amide bonds. The minimum Gasteiger partial charge on any atom is -0.312 e. The van der Waals surface area contributed by atoms with Crippen LogP contribution in [0.25, 0.3) is 11.3 Å². The van der Waals surface area contributed by atoms with Crippen molar-refractivity contribution in [1.29, 1.82) is 0 Å². The van der Waals surface area contributed by atoms with E-state index in [4.69, 9.17) is 11.6 Å². The molecule has 1 fully saturated rings. The summed E-state index contributed by atoms with van der Waals surface area (Å²) in [6, 6.07) is 8.43. The van der Waals surface area contributed by atoms with Gasteiger partial charge in [0.2, 0.25) is 0 Å². The molecule has 0 radical (unpaired) electrons. The molecule has 1 atom stereocenters.